The van der Waals surface area contributed by atoms with Gasteiger partial charge in [0.15, 0.2) is 20.9 Å². The van der Waals surface area contributed by atoms with E-state index in [1.807, 2.05) is 12.3 Å². The van der Waals surface area contributed by atoms with Crippen LogP contribution in [0.5, 0.6) is 0 Å². The standard InChI is InChI=1S/C31H41N3O8S/c1-5-18-31(30(37)33-32,43(4,38)39)26-17-12-21(2)20-25(26)24(28(35)34-42-27-11-6-7-19-41-27)10-8-9-22-13-15-23(16-14-22)29(36)40-3/h8-9,12-17,20,24,27H,5-7,10-11,18-19,32H2,1-4H3,(H,33,37)(H,34,35)/b9-8+/t24-,27?,31+/m0/s1. The summed E-state index contributed by atoms with van der Waals surface area (Å²) in [5, 5.41) is 0. The third-order valence-corrected chi connectivity index (χ3v) is 9.39. The number of amides is 2. The Balaban J connectivity index is 2.08. The summed E-state index contributed by atoms with van der Waals surface area (Å²) in [7, 11) is -2.78. The van der Waals surface area contributed by atoms with E-state index in [-0.39, 0.29) is 18.4 Å². The van der Waals surface area contributed by atoms with Crippen LogP contribution < -0.4 is 16.7 Å². The monoisotopic (exact) mass is 615 g/mol. The summed E-state index contributed by atoms with van der Waals surface area (Å²) < 4.78 is 35.1. The van der Waals surface area contributed by atoms with E-state index in [0.29, 0.717) is 30.6 Å². The number of nitrogens with one attached hydrogen (secondary N) is 2. The Bertz CT molecular complexity index is 1420. The number of rotatable bonds is 13. The average Bonchev–Trinajstić information content (AvgIpc) is 3.00. The highest BCUT2D eigenvalue weighted by Gasteiger charge is 2.50. The van der Waals surface area contributed by atoms with Crippen molar-refractivity contribution in [3.63, 3.8) is 0 Å². The zero-order chi connectivity index (χ0) is 31.6. The second kappa shape index (κ2) is 15.2. The first-order chi connectivity index (χ1) is 20.5. The Kier molecular flexibility index (Phi) is 12.0. The highest BCUT2D eigenvalue weighted by atomic mass is 32.2. The summed E-state index contributed by atoms with van der Waals surface area (Å²) in [6.45, 7) is 4.11. The zero-order valence-electron chi connectivity index (χ0n) is 25.1. The zero-order valence-corrected chi connectivity index (χ0v) is 25.9. The van der Waals surface area contributed by atoms with Crippen molar-refractivity contribution in [2.45, 2.75) is 69.3 Å². The van der Waals surface area contributed by atoms with Crippen molar-refractivity contribution >= 4 is 33.7 Å². The maximum Gasteiger partial charge on any atom is 0.337 e. The molecule has 2 aromatic rings. The van der Waals surface area contributed by atoms with Gasteiger partial charge in [-0.25, -0.2) is 29.4 Å². The van der Waals surface area contributed by atoms with Crippen molar-refractivity contribution in [1.82, 2.24) is 10.9 Å². The highest BCUT2D eigenvalue weighted by molar-refractivity contribution is 7.92. The number of methoxy groups -OCH3 is 1. The predicted octanol–water partition coefficient (Wildman–Crippen LogP) is 3.57. The molecule has 1 fully saturated rings. The lowest BCUT2D eigenvalue weighted by molar-refractivity contribution is -0.201. The minimum Gasteiger partial charge on any atom is -0.465 e. The van der Waals surface area contributed by atoms with Crippen molar-refractivity contribution in [3.05, 3.63) is 76.4 Å². The van der Waals surface area contributed by atoms with Crippen LogP contribution in [-0.4, -0.2) is 52.5 Å². The summed E-state index contributed by atoms with van der Waals surface area (Å²) in [5.74, 6) is 2.72. The van der Waals surface area contributed by atoms with E-state index >= 15 is 0 Å². The molecule has 43 heavy (non-hydrogen) atoms. The number of hydrazine groups is 1. The first-order valence-electron chi connectivity index (χ1n) is 14.2. The van der Waals surface area contributed by atoms with Gasteiger partial charge in [-0.1, -0.05) is 61.4 Å². The lowest BCUT2D eigenvalue weighted by Gasteiger charge is -2.34. The van der Waals surface area contributed by atoms with Crippen LogP contribution in [0.2, 0.25) is 0 Å². The molecule has 11 nitrogen and oxygen atoms in total. The van der Waals surface area contributed by atoms with Gasteiger partial charge >= 0.3 is 5.97 Å². The van der Waals surface area contributed by atoms with Gasteiger partial charge in [-0.15, -0.1) is 0 Å². The molecule has 3 rings (SSSR count). The molecule has 0 bridgehead atoms. The second-order valence-corrected chi connectivity index (χ2v) is 12.8. The summed E-state index contributed by atoms with van der Waals surface area (Å²) >= 11 is 0. The number of benzene rings is 2. The number of hydrogen-bond donors (Lipinski definition) is 3. The molecular formula is C31H41N3O8S. The highest BCUT2D eigenvalue weighted by Crippen LogP contribution is 2.41. The van der Waals surface area contributed by atoms with Crippen LogP contribution in [-0.2, 0) is 38.5 Å². The lowest BCUT2D eigenvalue weighted by Crippen LogP contribution is -2.52. The Morgan fingerprint density at radius 2 is 1.88 bits per heavy atom. The van der Waals surface area contributed by atoms with Crippen LogP contribution in [0.1, 0.15) is 84.0 Å². The number of nitrogens with two attached hydrogens (primary N) is 1. The van der Waals surface area contributed by atoms with E-state index in [1.54, 1.807) is 61.5 Å². The Morgan fingerprint density at radius 3 is 2.47 bits per heavy atom. The molecule has 0 spiro atoms. The largest absolute Gasteiger partial charge is 0.465 e. The van der Waals surface area contributed by atoms with Crippen molar-refractivity contribution < 1.29 is 37.1 Å². The van der Waals surface area contributed by atoms with Crippen LogP contribution >= 0.6 is 0 Å². The Labute approximate surface area is 253 Å². The van der Waals surface area contributed by atoms with Crippen LogP contribution in [0, 0.1) is 6.92 Å². The molecule has 2 amide bonds. The van der Waals surface area contributed by atoms with Gasteiger partial charge in [-0.05, 0) is 61.4 Å². The summed E-state index contributed by atoms with van der Waals surface area (Å²) in [5.41, 5.74) is 7.03. The van der Waals surface area contributed by atoms with Gasteiger partial charge < -0.3 is 9.47 Å². The fourth-order valence-electron chi connectivity index (χ4n) is 5.29. The minimum atomic E-state index is -4.08. The van der Waals surface area contributed by atoms with E-state index in [0.717, 1.165) is 30.2 Å². The number of carbonyl (C=O) groups excluding carboxylic acids is 3. The first kappa shape index (κ1) is 33.9. The number of allylic oxidation sites excluding steroid dienone is 1. The van der Waals surface area contributed by atoms with Crippen molar-refractivity contribution in [2.75, 3.05) is 20.0 Å². The number of hydroxylamine groups is 1. The SMILES string of the molecule is CCC[C@](C(=O)NN)(c1ccc(C)cc1[C@H](C/C=C/c1ccc(C(=O)OC)cc1)C(=O)NOC1CCCCO1)S(C)(=O)=O. The van der Waals surface area contributed by atoms with Crippen molar-refractivity contribution in [3.8, 4) is 0 Å². The van der Waals surface area contributed by atoms with Gasteiger partial charge in [0, 0.05) is 19.3 Å². The minimum absolute atomic E-state index is 0.0476. The van der Waals surface area contributed by atoms with Gasteiger partial charge in [0.2, 0.25) is 0 Å². The molecule has 2 aromatic carbocycles. The van der Waals surface area contributed by atoms with Crippen LogP contribution in [0.3, 0.4) is 0 Å². The smallest absolute Gasteiger partial charge is 0.337 e. The summed E-state index contributed by atoms with van der Waals surface area (Å²) in [6.07, 6.45) is 6.81. The number of hydrogen-bond acceptors (Lipinski definition) is 9. The molecule has 1 aliphatic heterocycles. The topological polar surface area (TPSA) is 163 Å². The third-order valence-electron chi connectivity index (χ3n) is 7.51. The van der Waals surface area contributed by atoms with E-state index in [9.17, 15) is 22.8 Å². The number of ether oxygens (including phenoxy) is 2. The number of carbonyl (C=O) groups is 3. The molecule has 1 aliphatic rings. The molecule has 0 radical (unpaired) electrons. The summed E-state index contributed by atoms with van der Waals surface area (Å²) in [4.78, 5) is 44.5. The second-order valence-electron chi connectivity index (χ2n) is 10.6. The molecule has 1 saturated heterocycles. The molecular weight excluding hydrogens is 574 g/mol. The third kappa shape index (κ3) is 8.08. The molecule has 4 N–H and O–H groups in total. The average molecular weight is 616 g/mol. The number of esters is 1. The normalized spacial score (nSPS) is 17.6. The molecule has 0 aliphatic carbocycles. The Morgan fingerprint density at radius 1 is 1.16 bits per heavy atom. The molecule has 12 heteroatoms. The lowest BCUT2D eigenvalue weighted by atomic mass is 9.81. The van der Waals surface area contributed by atoms with Gasteiger partial charge in [0.25, 0.3) is 11.8 Å². The van der Waals surface area contributed by atoms with Gasteiger partial charge in [-0.3, -0.25) is 15.0 Å². The maximum atomic E-state index is 13.8. The van der Waals surface area contributed by atoms with Crippen LogP contribution in [0.25, 0.3) is 6.08 Å². The molecule has 1 unspecified atom stereocenters. The number of sulfone groups is 1. The van der Waals surface area contributed by atoms with E-state index in [1.165, 1.54) is 7.11 Å². The van der Waals surface area contributed by atoms with Crippen LogP contribution in [0.15, 0.2) is 48.5 Å². The van der Waals surface area contributed by atoms with Crippen molar-refractivity contribution in [1.29, 1.82) is 0 Å². The van der Waals surface area contributed by atoms with E-state index in [2.05, 4.69) is 5.48 Å². The molecule has 234 valence electrons. The molecule has 0 aromatic heterocycles. The Hall–Kier alpha value is -3.58. The fraction of sp³-hybridized carbons (Fsp3) is 0.452. The van der Waals surface area contributed by atoms with Gasteiger partial charge in [-0.2, -0.15) is 0 Å². The predicted molar refractivity (Wildman–Crippen MR) is 162 cm³/mol. The first-order valence-corrected chi connectivity index (χ1v) is 16.1. The van der Waals surface area contributed by atoms with Crippen LogP contribution in [0.4, 0.5) is 0 Å². The fourth-order valence-corrected chi connectivity index (χ4v) is 6.85. The van der Waals surface area contributed by atoms with Gasteiger partial charge in [0.05, 0.1) is 18.6 Å². The number of aryl methyl sites for hydroxylation is 1. The molecule has 0 saturated carbocycles. The summed E-state index contributed by atoms with van der Waals surface area (Å²) in [6, 6.07) is 11.7. The quantitative estimate of drug-likeness (QED) is 0.132. The van der Waals surface area contributed by atoms with Gasteiger partial charge in [0.1, 0.15) is 0 Å². The molecule has 1 heterocycles. The maximum absolute atomic E-state index is 13.8. The van der Waals surface area contributed by atoms with Crippen molar-refractivity contribution in [2.24, 2.45) is 5.84 Å². The van der Waals surface area contributed by atoms with E-state index < -0.39 is 44.6 Å². The van der Waals surface area contributed by atoms with E-state index in [4.69, 9.17) is 20.2 Å². The molecule has 3 atom stereocenters.